The highest BCUT2D eigenvalue weighted by atomic mass is 19.1. The van der Waals surface area contributed by atoms with Crippen LogP contribution < -0.4 is 10.1 Å². The molecule has 1 aliphatic rings. The monoisotopic (exact) mass is 238 g/mol. The maximum absolute atomic E-state index is 14.0. The molecule has 1 saturated heterocycles. The van der Waals surface area contributed by atoms with E-state index in [1.54, 1.807) is 6.07 Å². The summed E-state index contributed by atoms with van der Waals surface area (Å²) in [6, 6.07) is 5.76. The number of hydrogen-bond donors (Lipinski definition) is 1. The lowest BCUT2D eigenvalue weighted by atomic mass is 10.1. The van der Waals surface area contributed by atoms with E-state index in [2.05, 4.69) is 17.1 Å². The van der Waals surface area contributed by atoms with Crippen LogP contribution >= 0.6 is 0 Å². The van der Waals surface area contributed by atoms with Crippen LogP contribution in [-0.4, -0.2) is 37.7 Å². The number of halogens is 1. The Morgan fingerprint density at radius 2 is 2.35 bits per heavy atom. The number of piperazine rings is 1. The average Bonchev–Trinajstić information content (AvgIpc) is 2.34. The quantitative estimate of drug-likeness (QED) is 0.866. The van der Waals surface area contributed by atoms with Crippen molar-refractivity contribution in [3.63, 3.8) is 0 Å². The van der Waals surface area contributed by atoms with Gasteiger partial charge in [-0.1, -0.05) is 12.1 Å². The highest BCUT2D eigenvalue weighted by Gasteiger charge is 2.19. The minimum absolute atomic E-state index is 0.235. The van der Waals surface area contributed by atoms with Crippen molar-refractivity contribution in [1.82, 2.24) is 10.2 Å². The van der Waals surface area contributed by atoms with E-state index in [1.807, 2.05) is 12.1 Å². The molecule has 17 heavy (non-hydrogen) atoms. The number of rotatable bonds is 3. The minimum atomic E-state index is -0.235. The summed E-state index contributed by atoms with van der Waals surface area (Å²) in [5, 5.41) is 3.33. The molecule has 1 heterocycles. The van der Waals surface area contributed by atoms with Crippen LogP contribution in [0.15, 0.2) is 18.2 Å². The van der Waals surface area contributed by atoms with Crippen LogP contribution in [0.3, 0.4) is 0 Å². The molecule has 1 atom stereocenters. The Morgan fingerprint density at radius 1 is 1.53 bits per heavy atom. The van der Waals surface area contributed by atoms with Crippen molar-refractivity contribution in [2.24, 2.45) is 0 Å². The van der Waals surface area contributed by atoms with Crippen LogP contribution in [0.5, 0.6) is 5.75 Å². The van der Waals surface area contributed by atoms with Crippen LogP contribution in [0.4, 0.5) is 4.39 Å². The summed E-state index contributed by atoms with van der Waals surface area (Å²) >= 11 is 0. The smallest absolute Gasteiger partial charge is 0.169 e. The molecule has 2 rings (SSSR count). The first-order chi connectivity index (χ1) is 8.22. The normalized spacial score (nSPS) is 21.5. The van der Waals surface area contributed by atoms with Gasteiger partial charge in [-0.3, -0.25) is 4.90 Å². The zero-order valence-electron chi connectivity index (χ0n) is 10.4. The predicted octanol–water partition coefficient (Wildman–Crippen LogP) is 1.63. The minimum Gasteiger partial charge on any atom is -0.494 e. The highest BCUT2D eigenvalue weighted by Crippen LogP contribution is 2.22. The van der Waals surface area contributed by atoms with Crippen molar-refractivity contribution in [2.45, 2.75) is 19.5 Å². The van der Waals surface area contributed by atoms with Gasteiger partial charge in [0.1, 0.15) is 0 Å². The van der Waals surface area contributed by atoms with E-state index in [0.29, 0.717) is 23.9 Å². The van der Waals surface area contributed by atoms with E-state index in [4.69, 9.17) is 4.74 Å². The van der Waals surface area contributed by atoms with Gasteiger partial charge in [-0.05, 0) is 13.0 Å². The van der Waals surface area contributed by atoms with Crippen LogP contribution in [0.1, 0.15) is 12.5 Å². The van der Waals surface area contributed by atoms with Gasteiger partial charge in [0.2, 0.25) is 0 Å². The Labute approximate surface area is 102 Å². The molecule has 0 aromatic heterocycles. The average molecular weight is 238 g/mol. The summed E-state index contributed by atoms with van der Waals surface area (Å²) in [6.07, 6.45) is 0. The van der Waals surface area contributed by atoms with E-state index in [-0.39, 0.29) is 5.82 Å². The van der Waals surface area contributed by atoms with Gasteiger partial charge < -0.3 is 10.1 Å². The Hall–Kier alpha value is -1.13. The van der Waals surface area contributed by atoms with E-state index in [1.165, 1.54) is 7.11 Å². The molecule has 0 aliphatic carbocycles. The fourth-order valence-electron chi connectivity index (χ4n) is 2.17. The second kappa shape index (κ2) is 5.47. The third-order valence-corrected chi connectivity index (χ3v) is 3.28. The highest BCUT2D eigenvalue weighted by molar-refractivity contribution is 5.31. The topological polar surface area (TPSA) is 24.5 Å². The molecule has 1 aliphatic heterocycles. The predicted molar refractivity (Wildman–Crippen MR) is 65.7 cm³/mol. The first-order valence-corrected chi connectivity index (χ1v) is 5.98. The van der Waals surface area contributed by atoms with Crippen LogP contribution in [-0.2, 0) is 6.54 Å². The summed E-state index contributed by atoms with van der Waals surface area (Å²) in [5.74, 6) is 0.0889. The van der Waals surface area contributed by atoms with Crippen LogP contribution in [0.2, 0.25) is 0 Å². The zero-order valence-corrected chi connectivity index (χ0v) is 10.4. The van der Waals surface area contributed by atoms with Crippen molar-refractivity contribution in [1.29, 1.82) is 0 Å². The van der Waals surface area contributed by atoms with E-state index >= 15 is 0 Å². The van der Waals surface area contributed by atoms with E-state index < -0.39 is 0 Å². The van der Waals surface area contributed by atoms with Crippen molar-refractivity contribution in [3.8, 4) is 5.75 Å². The summed E-state index contributed by atoms with van der Waals surface area (Å²) in [5.41, 5.74) is 0.707. The summed E-state index contributed by atoms with van der Waals surface area (Å²) in [4.78, 5) is 2.29. The molecule has 0 saturated carbocycles. The van der Waals surface area contributed by atoms with Crippen LogP contribution in [0, 0.1) is 5.82 Å². The second-order valence-corrected chi connectivity index (χ2v) is 4.46. The van der Waals surface area contributed by atoms with Crippen LogP contribution in [0.25, 0.3) is 0 Å². The summed E-state index contributed by atoms with van der Waals surface area (Å²) in [7, 11) is 1.50. The van der Waals surface area contributed by atoms with Gasteiger partial charge in [-0.25, -0.2) is 4.39 Å². The van der Waals surface area contributed by atoms with E-state index in [0.717, 1.165) is 19.6 Å². The Morgan fingerprint density at radius 3 is 3.06 bits per heavy atom. The first-order valence-electron chi connectivity index (χ1n) is 5.98. The Balaban J connectivity index is 2.12. The van der Waals surface area contributed by atoms with Crippen molar-refractivity contribution >= 4 is 0 Å². The molecule has 1 N–H and O–H groups in total. The molecule has 0 bridgehead atoms. The largest absolute Gasteiger partial charge is 0.494 e. The number of methoxy groups -OCH3 is 1. The molecule has 1 aromatic carbocycles. The Bertz CT molecular complexity index is 384. The maximum Gasteiger partial charge on any atom is 0.169 e. The molecule has 0 radical (unpaired) electrons. The van der Waals surface area contributed by atoms with Gasteiger partial charge in [-0.15, -0.1) is 0 Å². The summed E-state index contributed by atoms with van der Waals surface area (Å²) in [6.45, 7) is 5.69. The van der Waals surface area contributed by atoms with Gasteiger partial charge >= 0.3 is 0 Å². The molecular weight excluding hydrogens is 219 g/mol. The number of nitrogens with one attached hydrogen (secondary N) is 1. The fourth-order valence-corrected chi connectivity index (χ4v) is 2.17. The van der Waals surface area contributed by atoms with Gasteiger partial charge in [0, 0.05) is 37.8 Å². The molecule has 1 unspecified atom stereocenters. The second-order valence-electron chi connectivity index (χ2n) is 4.46. The maximum atomic E-state index is 14.0. The molecule has 1 fully saturated rings. The number of ether oxygens (including phenoxy) is 1. The third-order valence-electron chi connectivity index (χ3n) is 3.28. The van der Waals surface area contributed by atoms with E-state index in [9.17, 15) is 4.39 Å². The standard InChI is InChI=1S/C13H19FN2O/c1-10-8-15-6-7-16(10)9-11-4-3-5-12(17-2)13(11)14/h3-5,10,15H,6-9H2,1-2H3. The lowest BCUT2D eigenvalue weighted by molar-refractivity contribution is 0.163. The van der Waals surface area contributed by atoms with Gasteiger partial charge in [0.25, 0.3) is 0 Å². The SMILES string of the molecule is COc1cccc(CN2CCNCC2C)c1F. The lowest BCUT2D eigenvalue weighted by Gasteiger charge is -2.34. The van der Waals surface area contributed by atoms with Gasteiger partial charge in [-0.2, -0.15) is 0 Å². The molecular formula is C13H19FN2O. The Kier molecular flexibility index (Phi) is 3.97. The molecule has 3 nitrogen and oxygen atoms in total. The van der Waals surface area contributed by atoms with Crippen molar-refractivity contribution < 1.29 is 9.13 Å². The number of benzene rings is 1. The van der Waals surface area contributed by atoms with Crippen molar-refractivity contribution in [3.05, 3.63) is 29.6 Å². The first kappa shape index (κ1) is 12.3. The van der Waals surface area contributed by atoms with Gasteiger partial charge in [0.15, 0.2) is 11.6 Å². The number of nitrogens with zero attached hydrogens (tertiary/aromatic N) is 1. The fraction of sp³-hybridized carbons (Fsp3) is 0.538. The molecule has 0 amide bonds. The van der Waals surface area contributed by atoms with Crippen molar-refractivity contribution in [2.75, 3.05) is 26.7 Å². The summed E-state index contributed by atoms with van der Waals surface area (Å²) < 4.78 is 19.0. The third kappa shape index (κ3) is 2.76. The molecule has 0 spiro atoms. The molecule has 94 valence electrons. The zero-order chi connectivity index (χ0) is 12.3. The molecule has 4 heteroatoms. The molecule has 1 aromatic rings. The number of hydrogen-bond acceptors (Lipinski definition) is 3. The van der Waals surface area contributed by atoms with Gasteiger partial charge in [0.05, 0.1) is 7.11 Å². The lowest BCUT2D eigenvalue weighted by Crippen LogP contribution is -2.49.